The van der Waals surface area contributed by atoms with Gasteiger partial charge in [0.2, 0.25) is 0 Å². The molecule has 0 aliphatic carbocycles. The van der Waals surface area contributed by atoms with Crippen LogP contribution < -0.4 is 15.7 Å². The van der Waals surface area contributed by atoms with Crippen LogP contribution >= 0.6 is 0 Å². The van der Waals surface area contributed by atoms with E-state index in [9.17, 15) is 9.59 Å². The first-order valence-corrected chi connectivity index (χ1v) is 7.88. The Balaban J connectivity index is 1.62. The molecule has 124 valence electrons. The van der Waals surface area contributed by atoms with Crippen LogP contribution in [-0.4, -0.2) is 12.5 Å². The Morgan fingerprint density at radius 1 is 1.12 bits per heavy atom. The summed E-state index contributed by atoms with van der Waals surface area (Å²) >= 11 is 0. The quantitative estimate of drug-likeness (QED) is 0.729. The number of nitrogens with one attached hydrogen (secondary N) is 1. The van der Waals surface area contributed by atoms with E-state index in [1.807, 2.05) is 43.3 Å². The summed E-state index contributed by atoms with van der Waals surface area (Å²) in [5.74, 6) is 0.519. The summed E-state index contributed by atoms with van der Waals surface area (Å²) in [7, 11) is 0. The Labute approximate surface area is 143 Å². The fraction of sp³-hybridized carbons (Fsp3) is 0.100. The van der Waals surface area contributed by atoms with E-state index < -0.39 is 5.63 Å². The highest BCUT2D eigenvalue weighted by molar-refractivity contribution is 6.08. The van der Waals surface area contributed by atoms with Crippen LogP contribution in [0.2, 0.25) is 0 Å². The molecule has 2 aromatic carbocycles. The summed E-state index contributed by atoms with van der Waals surface area (Å²) in [6.07, 6.45) is 1.82. The van der Waals surface area contributed by atoms with Gasteiger partial charge < -0.3 is 14.5 Å². The first kappa shape index (κ1) is 15.2. The molecular formula is C20H15NO4. The summed E-state index contributed by atoms with van der Waals surface area (Å²) in [6.45, 7) is 2.06. The van der Waals surface area contributed by atoms with Gasteiger partial charge in [-0.05, 0) is 36.8 Å². The molecule has 5 nitrogen and oxygen atoms in total. The van der Waals surface area contributed by atoms with Gasteiger partial charge in [-0.15, -0.1) is 0 Å². The van der Waals surface area contributed by atoms with Crippen LogP contribution in [0.3, 0.4) is 0 Å². The number of carbonyl (C=O) groups excluding carboxylic acids is 1. The van der Waals surface area contributed by atoms with Crippen molar-refractivity contribution >= 4 is 28.6 Å². The zero-order valence-corrected chi connectivity index (χ0v) is 13.5. The molecule has 2 heterocycles. The molecule has 0 fully saturated rings. The fourth-order valence-electron chi connectivity index (χ4n) is 2.86. The molecule has 3 aromatic rings. The van der Waals surface area contributed by atoms with Gasteiger partial charge in [0.05, 0.1) is 5.57 Å². The van der Waals surface area contributed by atoms with Crippen LogP contribution in [0.1, 0.15) is 11.1 Å². The highest BCUT2D eigenvalue weighted by Gasteiger charge is 2.17. The van der Waals surface area contributed by atoms with Crippen LogP contribution in [0.5, 0.6) is 5.75 Å². The molecule has 4 rings (SSSR count). The van der Waals surface area contributed by atoms with Gasteiger partial charge >= 0.3 is 5.63 Å². The van der Waals surface area contributed by atoms with Crippen LogP contribution in [-0.2, 0) is 4.79 Å². The van der Waals surface area contributed by atoms with E-state index in [0.29, 0.717) is 16.8 Å². The lowest BCUT2D eigenvalue weighted by Crippen LogP contribution is -2.21. The Bertz CT molecular complexity index is 1080. The lowest BCUT2D eigenvalue weighted by Gasteiger charge is -2.17. The maximum atomic E-state index is 12.5. The number of amides is 1. The van der Waals surface area contributed by atoms with E-state index in [-0.39, 0.29) is 12.5 Å². The summed E-state index contributed by atoms with van der Waals surface area (Å²) in [5.41, 5.74) is 2.84. The van der Waals surface area contributed by atoms with Crippen molar-refractivity contribution in [1.29, 1.82) is 0 Å². The number of ether oxygens (including phenoxy) is 1. The van der Waals surface area contributed by atoms with Crippen LogP contribution in [0.25, 0.3) is 17.0 Å². The van der Waals surface area contributed by atoms with Crippen LogP contribution in [0.4, 0.5) is 5.69 Å². The van der Waals surface area contributed by atoms with Crippen molar-refractivity contribution < 1.29 is 13.9 Å². The van der Waals surface area contributed by atoms with Crippen molar-refractivity contribution in [3.8, 4) is 5.75 Å². The highest BCUT2D eigenvalue weighted by atomic mass is 16.5. The second-order valence-electron chi connectivity index (χ2n) is 5.91. The van der Waals surface area contributed by atoms with Crippen molar-refractivity contribution in [2.24, 2.45) is 0 Å². The first-order chi connectivity index (χ1) is 12.1. The average Bonchev–Trinajstić information content (AvgIpc) is 2.60. The van der Waals surface area contributed by atoms with E-state index in [1.54, 1.807) is 12.1 Å². The molecule has 0 unspecified atom stereocenters. The fourth-order valence-corrected chi connectivity index (χ4v) is 2.86. The van der Waals surface area contributed by atoms with Gasteiger partial charge in [-0.1, -0.05) is 18.2 Å². The minimum Gasteiger partial charge on any atom is -0.488 e. The van der Waals surface area contributed by atoms with Crippen molar-refractivity contribution in [1.82, 2.24) is 0 Å². The Hall–Kier alpha value is -3.34. The number of anilines is 1. The van der Waals surface area contributed by atoms with E-state index in [2.05, 4.69) is 5.32 Å². The largest absolute Gasteiger partial charge is 0.488 e. The number of benzene rings is 2. The monoisotopic (exact) mass is 333 g/mol. The maximum Gasteiger partial charge on any atom is 0.336 e. The minimum absolute atomic E-state index is 0.213. The van der Waals surface area contributed by atoms with Crippen molar-refractivity contribution in [2.75, 3.05) is 11.9 Å². The number of rotatable bonds is 2. The third kappa shape index (κ3) is 2.92. The Kier molecular flexibility index (Phi) is 3.61. The van der Waals surface area contributed by atoms with Gasteiger partial charge in [0, 0.05) is 28.8 Å². The van der Waals surface area contributed by atoms with Crippen LogP contribution in [0.15, 0.2) is 63.3 Å². The second-order valence-corrected chi connectivity index (χ2v) is 5.91. The first-order valence-electron chi connectivity index (χ1n) is 7.88. The Morgan fingerprint density at radius 3 is 2.84 bits per heavy atom. The molecule has 0 saturated heterocycles. The summed E-state index contributed by atoms with van der Waals surface area (Å²) in [4.78, 5) is 24.0. The third-order valence-electron chi connectivity index (χ3n) is 4.13. The van der Waals surface area contributed by atoms with Crippen molar-refractivity contribution in [3.63, 3.8) is 0 Å². The number of carbonyl (C=O) groups is 1. The predicted molar refractivity (Wildman–Crippen MR) is 95.8 cm³/mol. The topological polar surface area (TPSA) is 68.5 Å². The number of fused-ring (bicyclic) bond motifs is 2. The molecular weight excluding hydrogens is 318 g/mol. The molecule has 0 bridgehead atoms. The maximum absolute atomic E-state index is 12.5. The number of aryl methyl sites for hydroxylation is 1. The Morgan fingerprint density at radius 2 is 1.96 bits per heavy atom. The molecule has 5 heteroatoms. The molecule has 0 atom stereocenters. The van der Waals surface area contributed by atoms with Crippen LogP contribution in [0, 0.1) is 6.92 Å². The summed E-state index contributed by atoms with van der Waals surface area (Å²) in [5, 5.41) is 3.66. The molecule has 1 aromatic heterocycles. The number of hydrogen-bond acceptors (Lipinski definition) is 4. The van der Waals surface area contributed by atoms with Gasteiger partial charge in [0.1, 0.15) is 17.9 Å². The molecule has 0 radical (unpaired) electrons. The van der Waals surface area contributed by atoms with Gasteiger partial charge in [-0.2, -0.15) is 0 Å². The zero-order valence-electron chi connectivity index (χ0n) is 13.5. The molecule has 1 aliphatic rings. The summed E-state index contributed by atoms with van der Waals surface area (Å²) < 4.78 is 10.8. The smallest absolute Gasteiger partial charge is 0.336 e. The van der Waals surface area contributed by atoms with Crippen molar-refractivity contribution in [3.05, 3.63) is 75.7 Å². The predicted octanol–water partition coefficient (Wildman–Crippen LogP) is 3.52. The highest BCUT2D eigenvalue weighted by Crippen LogP contribution is 2.27. The number of hydrogen-bond donors (Lipinski definition) is 1. The molecule has 0 spiro atoms. The van der Waals surface area contributed by atoms with E-state index in [4.69, 9.17) is 9.15 Å². The number of para-hydroxylation sites is 1. The zero-order chi connectivity index (χ0) is 17.4. The third-order valence-corrected chi connectivity index (χ3v) is 4.13. The normalized spacial score (nSPS) is 12.9. The molecule has 1 amide bonds. The van der Waals surface area contributed by atoms with Crippen molar-refractivity contribution in [2.45, 2.75) is 6.92 Å². The van der Waals surface area contributed by atoms with Gasteiger partial charge in [0.25, 0.3) is 5.91 Å². The standard InChI is InChI=1S/C20H15NO4/c1-12-8-19(22)25-18-10-15(6-7-16(12)18)21-20(23)14-9-13-4-2-3-5-17(13)24-11-14/h2-10H,11H2,1H3,(H,21,23). The molecule has 1 aliphatic heterocycles. The minimum atomic E-state index is -0.409. The molecule has 25 heavy (non-hydrogen) atoms. The lowest BCUT2D eigenvalue weighted by molar-refractivity contribution is -0.113. The average molecular weight is 333 g/mol. The molecule has 0 saturated carbocycles. The second kappa shape index (κ2) is 5.94. The summed E-state index contributed by atoms with van der Waals surface area (Å²) in [6, 6.07) is 14.3. The van der Waals surface area contributed by atoms with Gasteiger partial charge in [-0.25, -0.2) is 4.79 Å². The van der Waals surface area contributed by atoms with E-state index in [0.717, 1.165) is 22.3 Å². The van der Waals surface area contributed by atoms with E-state index in [1.165, 1.54) is 6.07 Å². The SMILES string of the molecule is Cc1cc(=O)oc2cc(NC(=O)C3=Cc4ccccc4OC3)ccc12. The van der Waals surface area contributed by atoms with E-state index >= 15 is 0 Å². The lowest BCUT2D eigenvalue weighted by atomic mass is 10.1. The van der Waals surface area contributed by atoms with Gasteiger partial charge in [0.15, 0.2) is 0 Å². The van der Waals surface area contributed by atoms with Gasteiger partial charge in [-0.3, -0.25) is 4.79 Å². The molecule has 1 N–H and O–H groups in total.